The number of nitrogens with zero attached hydrogens (tertiary/aromatic N) is 1. The fraction of sp³-hybridized carbons (Fsp3) is 0.409. The Kier molecular flexibility index (Phi) is 6.48. The molecule has 1 aliphatic heterocycles. The van der Waals surface area contributed by atoms with E-state index in [0.29, 0.717) is 36.4 Å². The van der Waals surface area contributed by atoms with E-state index < -0.39 is 0 Å². The maximum atomic E-state index is 12.9. The van der Waals surface area contributed by atoms with Crippen molar-refractivity contribution in [1.82, 2.24) is 4.90 Å². The molecule has 5 heteroatoms. The van der Waals surface area contributed by atoms with Crippen LogP contribution in [-0.2, 0) is 4.79 Å². The molecule has 1 heterocycles. The van der Waals surface area contributed by atoms with E-state index in [0.717, 1.165) is 13.1 Å². The Morgan fingerprint density at radius 3 is 2.59 bits per heavy atom. The van der Waals surface area contributed by atoms with Crippen molar-refractivity contribution < 1.29 is 9.53 Å². The Hall–Kier alpha value is -2.37. The van der Waals surface area contributed by atoms with Crippen molar-refractivity contribution in [2.45, 2.75) is 25.8 Å². The SMILES string of the molecule is CCOc1ccccc1NC(=O)C(C)N1C[C@@H](CN)[C@H](c2ccccc2)C1. The van der Waals surface area contributed by atoms with Crippen molar-refractivity contribution in [2.24, 2.45) is 11.7 Å². The summed E-state index contributed by atoms with van der Waals surface area (Å²) in [6.07, 6.45) is 0. The number of carbonyl (C=O) groups excluding carboxylic acids is 1. The first kappa shape index (κ1) is 19.4. The number of likely N-dealkylation sites (tertiary alicyclic amines) is 1. The minimum Gasteiger partial charge on any atom is -0.492 e. The second-order valence-corrected chi connectivity index (χ2v) is 7.06. The molecule has 1 amide bonds. The smallest absolute Gasteiger partial charge is 0.241 e. The molecule has 1 saturated heterocycles. The maximum absolute atomic E-state index is 12.9. The molecule has 1 unspecified atom stereocenters. The summed E-state index contributed by atoms with van der Waals surface area (Å²) in [7, 11) is 0. The molecule has 144 valence electrons. The number of ether oxygens (including phenoxy) is 1. The van der Waals surface area contributed by atoms with E-state index in [2.05, 4.69) is 34.5 Å². The van der Waals surface area contributed by atoms with Crippen molar-refractivity contribution in [3.8, 4) is 5.75 Å². The Labute approximate surface area is 161 Å². The highest BCUT2D eigenvalue weighted by molar-refractivity contribution is 5.95. The first-order valence-electron chi connectivity index (χ1n) is 9.65. The summed E-state index contributed by atoms with van der Waals surface area (Å²) in [6.45, 7) is 6.75. The van der Waals surface area contributed by atoms with E-state index in [-0.39, 0.29) is 11.9 Å². The quantitative estimate of drug-likeness (QED) is 0.789. The number of anilines is 1. The predicted octanol–water partition coefficient (Wildman–Crippen LogP) is 3.09. The highest BCUT2D eigenvalue weighted by Gasteiger charge is 2.36. The van der Waals surface area contributed by atoms with Crippen LogP contribution in [-0.4, -0.2) is 43.1 Å². The summed E-state index contributed by atoms with van der Waals surface area (Å²) >= 11 is 0. The lowest BCUT2D eigenvalue weighted by atomic mass is 9.89. The highest BCUT2D eigenvalue weighted by atomic mass is 16.5. The molecular weight excluding hydrogens is 338 g/mol. The Morgan fingerprint density at radius 2 is 1.89 bits per heavy atom. The Bertz CT molecular complexity index is 750. The van der Waals surface area contributed by atoms with Crippen LogP contribution in [0.5, 0.6) is 5.75 Å². The van der Waals surface area contributed by atoms with Gasteiger partial charge in [-0.1, -0.05) is 42.5 Å². The van der Waals surface area contributed by atoms with Gasteiger partial charge in [-0.2, -0.15) is 0 Å². The average Bonchev–Trinajstić information content (AvgIpc) is 3.14. The zero-order chi connectivity index (χ0) is 19.2. The molecule has 0 saturated carbocycles. The van der Waals surface area contributed by atoms with Crippen LogP contribution in [0.2, 0.25) is 0 Å². The Morgan fingerprint density at radius 1 is 1.19 bits per heavy atom. The molecule has 2 aromatic rings. The van der Waals surface area contributed by atoms with Gasteiger partial charge in [0, 0.05) is 19.0 Å². The molecule has 0 spiro atoms. The molecule has 2 aromatic carbocycles. The van der Waals surface area contributed by atoms with Crippen LogP contribution >= 0.6 is 0 Å². The van der Waals surface area contributed by atoms with E-state index >= 15 is 0 Å². The normalized spacial score (nSPS) is 21.0. The fourth-order valence-electron chi connectivity index (χ4n) is 3.79. The molecular formula is C22H29N3O2. The van der Waals surface area contributed by atoms with E-state index in [4.69, 9.17) is 10.5 Å². The third kappa shape index (κ3) is 4.49. The van der Waals surface area contributed by atoms with Crippen LogP contribution in [0.15, 0.2) is 54.6 Å². The van der Waals surface area contributed by atoms with Gasteiger partial charge in [0.2, 0.25) is 5.91 Å². The zero-order valence-electron chi connectivity index (χ0n) is 16.1. The van der Waals surface area contributed by atoms with Gasteiger partial charge in [-0.15, -0.1) is 0 Å². The third-order valence-electron chi connectivity index (χ3n) is 5.37. The van der Waals surface area contributed by atoms with Gasteiger partial charge in [0.25, 0.3) is 0 Å². The van der Waals surface area contributed by atoms with Gasteiger partial charge in [0.05, 0.1) is 18.3 Å². The minimum atomic E-state index is -0.234. The molecule has 3 N–H and O–H groups in total. The van der Waals surface area contributed by atoms with Gasteiger partial charge >= 0.3 is 0 Å². The molecule has 1 fully saturated rings. The van der Waals surface area contributed by atoms with E-state index in [9.17, 15) is 4.79 Å². The first-order chi connectivity index (χ1) is 13.1. The van der Waals surface area contributed by atoms with Crippen LogP contribution in [0, 0.1) is 5.92 Å². The van der Waals surface area contributed by atoms with E-state index in [1.165, 1.54) is 5.56 Å². The van der Waals surface area contributed by atoms with Crippen molar-refractivity contribution in [2.75, 3.05) is 31.6 Å². The summed E-state index contributed by atoms with van der Waals surface area (Å²) in [5, 5.41) is 3.02. The molecule has 0 radical (unpaired) electrons. The van der Waals surface area contributed by atoms with Gasteiger partial charge in [-0.05, 0) is 44.0 Å². The Balaban J connectivity index is 1.69. The molecule has 1 aliphatic rings. The molecule has 5 nitrogen and oxygen atoms in total. The number of para-hydroxylation sites is 2. The number of hydrogen-bond donors (Lipinski definition) is 2. The van der Waals surface area contributed by atoms with Gasteiger partial charge in [0.15, 0.2) is 0 Å². The summed E-state index contributed by atoms with van der Waals surface area (Å²) in [6, 6.07) is 17.8. The summed E-state index contributed by atoms with van der Waals surface area (Å²) < 4.78 is 5.61. The summed E-state index contributed by atoms with van der Waals surface area (Å²) in [5.41, 5.74) is 8.04. The van der Waals surface area contributed by atoms with Crippen LogP contribution in [0.25, 0.3) is 0 Å². The number of amides is 1. The number of nitrogens with one attached hydrogen (secondary N) is 1. The van der Waals surface area contributed by atoms with Crippen molar-refractivity contribution in [3.63, 3.8) is 0 Å². The van der Waals surface area contributed by atoms with Crippen molar-refractivity contribution in [1.29, 1.82) is 0 Å². The van der Waals surface area contributed by atoms with Crippen LogP contribution < -0.4 is 15.8 Å². The van der Waals surface area contributed by atoms with Crippen LogP contribution in [0.1, 0.15) is 25.3 Å². The lowest BCUT2D eigenvalue weighted by Crippen LogP contribution is -2.41. The molecule has 0 aliphatic carbocycles. The molecule has 27 heavy (non-hydrogen) atoms. The number of rotatable bonds is 7. The standard InChI is InChI=1S/C22H29N3O2/c1-3-27-21-12-8-7-11-20(21)24-22(26)16(2)25-14-18(13-23)19(15-25)17-9-5-4-6-10-17/h4-12,16,18-19H,3,13-15,23H2,1-2H3,(H,24,26)/t16?,18-,19+/m1/s1. The molecule has 3 atom stereocenters. The topological polar surface area (TPSA) is 67.6 Å². The fourth-order valence-corrected chi connectivity index (χ4v) is 3.79. The first-order valence-corrected chi connectivity index (χ1v) is 9.65. The lowest BCUT2D eigenvalue weighted by molar-refractivity contribution is -0.120. The maximum Gasteiger partial charge on any atom is 0.241 e. The number of benzene rings is 2. The number of carbonyl (C=O) groups is 1. The van der Waals surface area contributed by atoms with E-state index in [1.807, 2.05) is 44.2 Å². The van der Waals surface area contributed by atoms with Gasteiger partial charge in [0.1, 0.15) is 5.75 Å². The van der Waals surface area contributed by atoms with Crippen LogP contribution in [0.4, 0.5) is 5.69 Å². The second-order valence-electron chi connectivity index (χ2n) is 7.06. The van der Waals surface area contributed by atoms with E-state index in [1.54, 1.807) is 0 Å². The van der Waals surface area contributed by atoms with Crippen molar-refractivity contribution >= 4 is 11.6 Å². The largest absolute Gasteiger partial charge is 0.492 e. The zero-order valence-corrected chi connectivity index (χ0v) is 16.1. The average molecular weight is 367 g/mol. The highest BCUT2D eigenvalue weighted by Crippen LogP contribution is 2.33. The molecule has 0 bridgehead atoms. The predicted molar refractivity (Wildman–Crippen MR) is 109 cm³/mol. The van der Waals surface area contributed by atoms with Crippen LogP contribution in [0.3, 0.4) is 0 Å². The number of hydrogen-bond acceptors (Lipinski definition) is 4. The number of nitrogens with two attached hydrogens (primary N) is 1. The second kappa shape index (κ2) is 9.02. The molecule has 0 aromatic heterocycles. The molecule has 3 rings (SSSR count). The van der Waals surface area contributed by atoms with Gasteiger partial charge < -0.3 is 15.8 Å². The van der Waals surface area contributed by atoms with Gasteiger partial charge in [-0.25, -0.2) is 0 Å². The third-order valence-corrected chi connectivity index (χ3v) is 5.37. The summed E-state index contributed by atoms with van der Waals surface area (Å²) in [4.78, 5) is 15.1. The summed E-state index contributed by atoms with van der Waals surface area (Å²) in [5.74, 6) is 1.40. The minimum absolute atomic E-state index is 0.0216. The van der Waals surface area contributed by atoms with Crippen molar-refractivity contribution in [3.05, 3.63) is 60.2 Å². The van der Waals surface area contributed by atoms with Gasteiger partial charge in [-0.3, -0.25) is 9.69 Å². The lowest BCUT2D eigenvalue weighted by Gasteiger charge is -2.24. The monoisotopic (exact) mass is 367 g/mol.